The molecule has 4 N–H and O–H groups in total. The van der Waals surface area contributed by atoms with E-state index in [9.17, 15) is 8.42 Å². The van der Waals surface area contributed by atoms with Crippen LogP contribution < -0.4 is 10.5 Å². The van der Waals surface area contributed by atoms with E-state index in [4.69, 9.17) is 34.1 Å². The van der Waals surface area contributed by atoms with Crippen LogP contribution in [0.5, 0.6) is 0 Å². The van der Waals surface area contributed by atoms with Crippen LogP contribution in [0.4, 0.5) is 0 Å². The second kappa shape index (κ2) is 6.07. The lowest BCUT2D eigenvalue weighted by molar-refractivity contribution is 0.317. The highest BCUT2D eigenvalue weighted by molar-refractivity contribution is 9.10. The first-order valence-corrected chi connectivity index (χ1v) is 7.41. The minimum absolute atomic E-state index is 0.0404. The molecule has 18 heavy (non-hydrogen) atoms. The highest BCUT2D eigenvalue weighted by Crippen LogP contribution is 2.32. The lowest BCUT2D eigenvalue weighted by Gasteiger charge is -2.09. The van der Waals surface area contributed by atoms with Gasteiger partial charge in [-0.25, -0.2) is 13.1 Å². The quantitative estimate of drug-likeness (QED) is 0.322. The highest BCUT2D eigenvalue weighted by Gasteiger charge is 2.22. The fraction of sp³-hybridized carbons (Fsp3) is 0.125. The zero-order chi connectivity index (χ0) is 13.9. The summed E-state index contributed by atoms with van der Waals surface area (Å²) in [7, 11) is -3.95. The van der Waals surface area contributed by atoms with Crippen molar-refractivity contribution in [2.24, 2.45) is 10.9 Å². The van der Waals surface area contributed by atoms with Gasteiger partial charge in [0, 0.05) is 4.47 Å². The number of nitrogens with one attached hydrogen (secondary N) is 1. The van der Waals surface area contributed by atoms with Crippen molar-refractivity contribution < 1.29 is 13.6 Å². The number of amidine groups is 1. The number of nitrogens with two attached hydrogens (primary N) is 1. The van der Waals surface area contributed by atoms with Crippen molar-refractivity contribution in [3.05, 3.63) is 26.7 Å². The normalized spacial score (nSPS) is 12.7. The summed E-state index contributed by atoms with van der Waals surface area (Å²) in [6.45, 7) is -0.360. The van der Waals surface area contributed by atoms with Crippen molar-refractivity contribution in [3.8, 4) is 0 Å². The van der Waals surface area contributed by atoms with E-state index in [1.807, 2.05) is 0 Å². The molecule has 0 atom stereocenters. The van der Waals surface area contributed by atoms with E-state index in [0.717, 1.165) is 0 Å². The maximum Gasteiger partial charge on any atom is 0.243 e. The van der Waals surface area contributed by atoms with Gasteiger partial charge in [-0.15, -0.1) is 0 Å². The zero-order valence-corrected chi connectivity index (χ0v) is 12.6. The average Bonchev–Trinajstić information content (AvgIpc) is 2.24. The zero-order valence-electron chi connectivity index (χ0n) is 8.69. The van der Waals surface area contributed by atoms with Crippen molar-refractivity contribution in [2.45, 2.75) is 4.90 Å². The summed E-state index contributed by atoms with van der Waals surface area (Å²) >= 11 is 14.8. The molecule has 0 bridgehead atoms. The van der Waals surface area contributed by atoms with Crippen LogP contribution in [0.15, 0.2) is 26.7 Å². The van der Waals surface area contributed by atoms with Gasteiger partial charge in [0.25, 0.3) is 0 Å². The number of hydrogen-bond acceptors (Lipinski definition) is 4. The van der Waals surface area contributed by atoms with Crippen LogP contribution in [0.25, 0.3) is 0 Å². The van der Waals surface area contributed by atoms with Crippen LogP contribution in [0.2, 0.25) is 10.0 Å². The molecule has 10 heteroatoms. The molecule has 0 aliphatic rings. The Labute approximate surface area is 122 Å². The van der Waals surface area contributed by atoms with Gasteiger partial charge in [0.05, 0.1) is 16.6 Å². The highest BCUT2D eigenvalue weighted by atomic mass is 79.9. The van der Waals surface area contributed by atoms with Gasteiger partial charge in [0.2, 0.25) is 10.0 Å². The first-order chi connectivity index (χ1) is 8.27. The van der Waals surface area contributed by atoms with Crippen LogP contribution in [-0.4, -0.2) is 26.0 Å². The van der Waals surface area contributed by atoms with Crippen LogP contribution >= 0.6 is 39.1 Å². The summed E-state index contributed by atoms with van der Waals surface area (Å²) < 4.78 is 26.5. The molecule has 0 aliphatic heterocycles. The number of nitrogens with zero attached hydrogens (tertiary/aromatic N) is 1. The molecular weight excluding hydrogens is 369 g/mol. The SMILES string of the molecule is N/C(CNS(=O)(=O)c1c(Cl)cc(Br)cc1Cl)=N\O. The van der Waals surface area contributed by atoms with Crippen LogP contribution in [-0.2, 0) is 10.0 Å². The molecule has 0 unspecified atom stereocenters. The molecular formula is C8H8BrCl2N3O3S. The van der Waals surface area contributed by atoms with E-state index < -0.39 is 10.0 Å². The number of halogens is 3. The molecule has 0 aromatic heterocycles. The Bertz CT molecular complexity index is 568. The fourth-order valence-corrected chi connectivity index (χ4v) is 3.99. The van der Waals surface area contributed by atoms with Gasteiger partial charge in [0.1, 0.15) is 4.90 Å². The van der Waals surface area contributed by atoms with Gasteiger partial charge < -0.3 is 10.9 Å². The van der Waals surface area contributed by atoms with Crippen molar-refractivity contribution in [3.63, 3.8) is 0 Å². The van der Waals surface area contributed by atoms with E-state index >= 15 is 0 Å². The first-order valence-electron chi connectivity index (χ1n) is 4.38. The third-order valence-electron chi connectivity index (χ3n) is 1.80. The predicted molar refractivity (Wildman–Crippen MR) is 72.8 cm³/mol. The Balaban J connectivity index is 3.14. The number of hydrogen-bond donors (Lipinski definition) is 3. The van der Waals surface area contributed by atoms with E-state index in [1.165, 1.54) is 12.1 Å². The third-order valence-corrected chi connectivity index (χ3v) is 4.58. The average molecular weight is 377 g/mol. The van der Waals surface area contributed by atoms with Gasteiger partial charge in [-0.2, -0.15) is 0 Å². The second-order valence-electron chi connectivity index (χ2n) is 3.11. The van der Waals surface area contributed by atoms with Crippen LogP contribution in [0.3, 0.4) is 0 Å². The monoisotopic (exact) mass is 375 g/mol. The number of oxime groups is 1. The number of sulfonamides is 1. The standard InChI is InChI=1S/C8H8BrCl2N3O3S/c9-4-1-5(10)8(6(11)2-4)18(16,17)13-3-7(12)14-15/h1-2,13,15H,3H2,(H2,12,14). The molecule has 0 fully saturated rings. The van der Waals surface area contributed by atoms with Crippen molar-refractivity contribution >= 4 is 55.0 Å². The van der Waals surface area contributed by atoms with Crippen molar-refractivity contribution in [1.29, 1.82) is 0 Å². The minimum Gasteiger partial charge on any atom is -0.409 e. The molecule has 0 amide bonds. The summed E-state index contributed by atoms with van der Waals surface area (Å²) in [6, 6.07) is 2.79. The summed E-state index contributed by atoms with van der Waals surface area (Å²) in [4.78, 5) is -0.264. The minimum atomic E-state index is -3.95. The van der Waals surface area contributed by atoms with Gasteiger partial charge in [-0.1, -0.05) is 44.3 Å². The van der Waals surface area contributed by atoms with E-state index in [1.54, 1.807) is 0 Å². The van der Waals surface area contributed by atoms with E-state index in [0.29, 0.717) is 4.47 Å². The molecule has 6 nitrogen and oxygen atoms in total. The van der Waals surface area contributed by atoms with E-state index in [2.05, 4.69) is 25.8 Å². The molecule has 0 heterocycles. The van der Waals surface area contributed by atoms with Gasteiger partial charge in [0.15, 0.2) is 5.84 Å². The first kappa shape index (κ1) is 15.5. The van der Waals surface area contributed by atoms with Crippen LogP contribution in [0.1, 0.15) is 0 Å². The van der Waals surface area contributed by atoms with Gasteiger partial charge in [-0.3, -0.25) is 0 Å². The fourth-order valence-electron chi connectivity index (χ4n) is 1.06. The molecule has 0 aliphatic carbocycles. The predicted octanol–water partition coefficient (Wildman–Crippen LogP) is 1.78. The Hall–Kier alpha value is -0.540. The maximum absolute atomic E-state index is 11.9. The topological polar surface area (TPSA) is 105 Å². The second-order valence-corrected chi connectivity index (χ2v) is 6.55. The Morgan fingerprint density at radius 2 is 1.94 bits per heavy atom. The molecule has 0 saturated carbocycles. The summed E-state index contributed by atoms with van der Waals surface area (Å²) in [5.41, 5.74) is 5.16. The number of benzene rings is 1. The molecule has 0 spiro atoms. The smallest absolute Gasteiger partial charge is 0.243 e. The molecule has 0 radical (unpaired) electrons. The maximum atomic E-state index is 11.9. The summed E-state index contributed by atoms with van der Waals surface area (Å²) in [5.74, 6) is -0.289. The third kappa shape index (κ3) is 3.72. The summed E-state index contributed by atoms with van der Waals surface area (Å²) in [6.07, 6.45) is 0. The number of rotatable bonds is 4. The van der Waals surface area contributed by atoms with Crippen molar-refractivity contribution in [2.75, 3.05) is 6.54 Å². The Morgan fingerprint density at radius 1 is 1.44 bits per heavy atom. The molecule has 0 saturated heterocycles. The Morgan fingerprint density at radius 3 is 2.39 bits per heavy atom. The Kier molecular flexibility index (Phi) is 5.23. The van der Waals surface area contributed by atoms with E-state index in [-0.39, 0.29) is 27.3 Å². The van der Waals surface area contributed by atoms with Gasteiger partial charge >= 0.3 is 0 Å². The van der Waals surface area contributed by atoms with Crippen molar-refractivity contribution in [1.82, 2.24) is 4.72 Å². The lowest BCUT2D eigenvalue weighted by atomic mass is 10.4. The lowest BCUT2D eigenvalue weighted by Crippen LogP contribution is -2.33. The molecule has 100 valence electrons. The van der Waals surface area contributed by atoms with Gasteiger partial charge in [-0.05, 0) is 12.1 Å². The molecule has 1 aromatic rings. The largest absolute Gasteiger partial charge is 0.409 e. The summed E-state index contributed by atoms with van der Waals surface area (Å²) in [5, 5.41) is 10.9. The van der Waals surface area contributed by atoms with Crippen LogP contribution in [0, 0.1) is 0 Å². The molecule has 1 aromatic carbocycles. The molecule has 1 rings (SSSR count).